The summed E-state index contributed by atoms with van der Waals surface area (Å²) >= 11 is 6.03. The van der Waals surface area contributed by atoms with E-state index in [2.05, 4.69) is 4.74 Å². The van der Waals surface area contributed by atoms with Crippen molar-refractivity contribution in [1.82, 2.24) is 5.01 Å². The molecule has 0 saturated carbocycles. The van der Waals surface area contributed by atoms with Gasteiger partial charge in [0.25, 0.3) is 0 Å². The topological polar surface area (TPSA) is 34.1 Å². The van der Waals surface area contributed by atoms with Crippen LogP contribution in [0.4, 0.5) is 8.78 Å². The minimum atomic E-state index is -2.86. The van der Waals surface area contributed by atoms with E-state index in [4.69, 9.17) is 21.4 Å². The van der Waals surface area contributed by atoms with Gasteiger partial charge < -0.3 is 9.47 Å². The first kappa shape index (κ1) is 18.9. The molecule has 3 aromatic carbocycles. The molecule has 5 rings (SSSR count). The second kappa shape index (κ2) is 7.61. The first-order chi connectivity index (χ1) is 14.6. The van der Waals surface area contributed by atoms with E-state index < -0.39 is 12.8 Å². The Morgan fingerprint density at radius 2 is 1.73 bits per heavy atom. The molecule has 0 aliphatic carbocycles. The first-order valence-corrected chi connectivity index (χ1v) is 9.88. The number of rotatable bonds is 4. The third-order valence-corrected chi connectivity index (χ3v) is 5.52. The number of nitrogens with zero attached hydrogens (tertiary/aromatic N) is 2. The molecule has 0 bridgehead atoms. The van der Waals surface area contributed by atoms with Crippen molar-refractivity contribution in [1.29, 1.82) is 0 Å². The Labute approximate surface area is 177 Å². The average Bonchev–Trinajstić information content (AvgIpc) is 3.20. The SMILES string of the molecule is FC(F)Oc1ccc(C2Oc3ccccc3C3CC(c4ccc(Cl)cc4)=NN32)cc1. The van der Waals surface area contributed by atoms with Gasteiger partial charge in [-0.25, -0.2) is 5.01 Å². The highest BCUT2D eigenvalue weighted by Crippen LogP contribution is 2.47. The van der Waals surface area contributed by atoms with Gasteiger partial charge in [-0.15, -0.1) is 0 Å². The monoisotopic (exact) mass is 426 g/mol. The molecule has 0 saturated heterocycles. The number of hydrogen-bond acceptors (Lipinski definition) is 4. The maximum atomic E-state index is 12.5. The molecule has 152 valence electrons. The van der Waals surface area contributed by atoms with Crippen LogP contribution in [0, 0.1) is 0 Å². The average molecular weight is 427 g/mol. The standard InChI is InChI=1S/C23H17ClF2N2O2/c24-16-9-5-14(6-10-16)19-13-20-18-3-1-2-4-21(18)30-22(28(20)27-19)15-7-11-17(12-8-15)29-23(25)26/h1-12,20,22-23H,13H2. The van der Waals surface area contributed by atoms with Crippen molar-refractivity contribution in [3.8, 4) is 11.5 Å². The van der Waals surface area contributed by atoms with Crippen molar-refractivity contribution in [3.05, 3.63) is 94.5 Å². The molecule has 0 fully saturated rings. The van der Waals surface area contributed by atoms with Gasteiger partial charge in [0.1, 0.15) is 11.5 Å². The van der Waals surface area contributed by atoms with E-state index in [-0.39, 0.29) is 11.8 Å². The van der Waals surface area contributed by atoms with Crippen LogP contribution in [0.25, 0.3) is 0 Å². The van der Waals surface area contributed by atoms with Crippen LogP contribution in [-0.4, -0.2) is 17.3 Å². The number of fused-ring (bicyclic) bond motifs is 3. The smallest absolute Gasteiger partial charge is 0.387 e. The van der Waals surface area contributed by atoms with Crippen molar-refractivity contribution in [3.63, 3.8) is 0 Å². The van der Waals surface area contributed by atoms with Crippen LogP contribution in [0.1, 0.15) is 35.4 Å². The lowest BCUT2D eigenvalue weighted by molar-refractivity contribution is -0.0499. The Bertz CT molecular complexity index is 1090. The normalized spacial score (nSPS) is 19.7. The van der Waals surface area contributed by atoms with E-state index in [0.29, 0.717) is 5.02 Å². The molecule has 0 aromatic heterocycles. The lowest BCUT2D eigenvalue weighted by Gasteiger charge is -2.38. The quantitative estimate of drug-likeness (QED) is 0.499. The summed E-state index contributed by atoms with van der Waals surface area (Å²) in [6.07, 6.45) is 0.251. The second-order valence-corrected chi connectivity index (χ2v) is 7.55. The van der Waals surface area contributed by atoms with Gasteiger partial charge in [-0.3, -0.25) is 0 Å². The summed E-state index contributed by atoms with van der Waals surface area (Å²) in [6.45, 7) is -2.86. The number of para-hydroxylation sites is 1. The zero-order valence-corrected chi connectivity index (χ0v) is 16.5. The van der Waals surface area contributed by atoms with Gasteiger partial charge in [-0.1, -0.05) is 41.9 Å². The Kier molecular flexibility index (Phi) is 4.79. The number of benzene rings is 3. The van der Waals surface area contributed by atoms with Crippen molar-refractivity contribution in [2.45, 2.75) is 25.3 Å². The van der Waals surface area contributed by atoms with Gasteiger partial charge in [0.05, 0.1) is 11.8 Å². The van der Waals surface area contributed by atoms with Crippen LogP contribution in [0.15, 0.2) is 77.9 Å². The van der Waals surface area contributed by atoms with E-state index in [1.807, 2.05) is 53.5 Å². The van der Waals surface area contributed by atoms with Crippen LogP contribution in [-0.2, 0) is 0 Å². The van der Waals surface area contributed by atoms with Gasteiger partial charge >= 0.3 is 6.61 Å². The molecular weight excluding hydrogens is 410 g/mol. The number of hydrazone groups is 1. The molecule has 2 unspecified atom stereocenters. The van der Waals surface area contributed by atoms with Gasteiger partial charge in [-0.05, 0) is 48.0 Å². The van der Waals surface area contributed by atoms with Crippen LogP contribution in [0.5, 0.6) is 11.5 Å². The molecule has 3 aromatic rings. The molecule has 0 spiro atoms. The van der Waals surface area contributed by atoms with E-state index in [0.717, 1.165) is 34.6 Å². The van der Waals surface area contributed by atoms with Gasteiger partial charge in [0, 0.05) is 22.6 Å². The molecule has 2 heterocycles. The van der Waals surface area contributed by atoms with Crippen molar-refractivity contribution >= 4 is 17.3 Å². The predicted molar refractivity (Wildman–Crippen MR) is 110 cm³/mol. The summed E-state index contributed by atoms with van der Waals surface area (Å²) in [7, 11) is 0. The Morgan fingerprint density at radius 1 is 1.00 bits per heavy atom. The Morgan fingerprint density at radius 3 is 2.47 bits per heavy atom. The summed E-state index contributed by atoms with van der Waals surface area (Å²) in [4.78, 5) is 0. The summed E-state index contributed by atoms with van der Waals surface area (Å²) < 4.78 is 35.7. The summed E-state index contributed by atoms with van der Waals surface area (Å²) in [5.74, 6) is 0.900. The summed E-state index contributed by atoms with van der Waals surface area (Å²) in [6, 6.07) is 22.0. The molecule has 4 nitrogen and oxygen atoms in total. The highest BCUT2D eigenvalue weighted by molar-refractivity contribution is 6.30. The summed E-state index contributed by atoms with van der Waals surface area (Å²) in [5, 5.41) is 7.48. The van der Waals surface area contributed by atoms with E-state index in [1.165, 1.54) is 12.1 Å². The van der Waals surface area contributed by atoms with Gasteiger partial charge in [0.15, 0.2) is 0 Å². The molecule has 2 aliphatic heterocycles. The van der Waals surface area contributed by atoms with Crippen molar-refractivity contribution in [2.75, 3.05) is 0 Å². The maximum Gasteiger partial charge on any atom is 0.387 e. The van der Waals surface area contributed by atoms with E-state index in [1.54, 1.807) is 12.1 Å². The minimum absolute atomic E-state index is 0.0163. The van der Waals surface area contributed by atoms with Gasteiger partial charge in [0.2, 0.25) is 6.23 Å². The summed E-state index contributed by atoms with van der Waals surface area (Å²) in [5.41, 5.74) is 3.82. The molecule has 30 heavy (non-hydrogen) atoms. The van der Waals surface area contributed by atoms with E-state index in [9.17, 15) is 8.78 Å². The lowest BCUT2D eigenvalue weighted by atomic mass is 9.96. The van der Waals surface area contributed by atoms with Crippen LogP contribution in [0.2, 0.25) is 5.02 Å². The highest BCUT2D eigenvalue weighted by Gasteiger charge is 2.40. The second-order valence-electron chi connectivity index (χ2n) is 7.11. The molecule has 0 N–H and O–H groups in total. The molecular formula is C23H17ClF2N2O2. The van der Waals surface area contributed by atoms with Crippen LogP contribution < -0.4 is 9.47 Å². The Balaban J connectivity index is 1.51. The molecule has 0 radical (unpaired) electrons. The fourth-order valence-electron chi connectivity index (χ4n) is 3.88. The lowest BCUT2D eigenvalue weighted by Crippen LogP contribution is -2.33. The molecule has 7 heteroatoms. The molecule has 0 amide bonds. The molecule has 2 atom stereocenters. The van der Waals surface area contributed by atoms with Gasteiger partial charge in [-0.2, -0.15) is 13.9 Å². The minimum Gasteiger partial charge on any atom is -0.464 e. The highest BCUT2D eigenvalue weighted by atomic mass is 35.5. The maximum absolute atomic E-state index is 12.5. The fraction of sp³-hybridized carbons (Fsp3) is 0.174. The first-order valence-electron chi connectivity index (χ1n) is 9.50. The molecule has 2 aliphatic rings. The van der Waals surface area contributed by atoms with Crippen molar-refractivity contribution in [2.24, 2.45) is 5.10 Å². The number of alkyl halides is 2. The zero-order chi connectivity index (χ0) is 20.7. The predicted octanol–water partition coefficient (Wildman–Crippen LogP) is 6.18. The number of ether oxygens (including phenoxy) is 2. The van der Waals surface area contributed by atoms with E-state index >= 15 is 0 Å². The van der Waals surface area contributed by atoms with Crippen LogP contribution in [0.3, 0.4) is 0 Å². The third kappa shape index (κ3) is 3.48. The number of hydrogen-bond donors (Lipinski definition) is 0. The zero-order valence-electron chi connectivity index (χ0n) is 15.7. The number of halogens is 3. The van der Waals surface area contributed by atoms with Crippen molar-refractivity contribution < 1.29 is 18.3 Å². The Hall–Kier alpha value is -3.12. The largest absolute Gasteiger partial charge is 0.464 e. The fourth-order valence-corrected chi connectivity index (χ4v) is 4.01. The van der Waals surface area contributed by atoms with Crippen LogP contribution >= 0.6 is 11.6 Å². The third-order valence-electron chi connectivity index (χ3n) is 5.27.